The van der Waals surface area contributed by atoms with Gasteiger partial charge in [-0.1, -0.05) is 20.3 Å². The smallest absolute Gasteiger partial charge is 0.314 e. The number of urea groups is 1. The highest BCUT2D eigenvalue weighted by atomic mass is 16.4. The van der Waals surface area contributed by atoms with Crippen LogP contribution in [0.4, 0.5) is 4.79 Å². The molecule has 0 radical (unpaired) electrons. The molecule has 5 heteroatoms. The fourth-order valence-corrected chi connectivity index (χ4v) is 2.34. The van der Waals surface area contributed by atoms with Gasteiger partial charge in [-0.15, -0.1) is 0 Å². The fraction of sp³-hybridized carbons (Fsp3) is 0.833. The third-order valence-electron chi connectivity index (χ3n) is 3.61. The second-order valence-corrected chi connectivity index (χ2v) is 5.36. The second kappa shape index (κ2) is 5.89. The number of amides is 2. The quantitative estimate of drug-likeness (QED) is 0.685. The number of carbonyl (C=O) groups is 2. The highest BCUT2D eigenvalue weighted by molar-refractivity contribution is 5.74. The number of carboxylic acids is 1. The number of aliphatic carboxylic acids is 1. The minimum absolute atomic E-state index is 0.0393. The first-order valence-corrected chi connectivity index (χ1v) is 6.15. The SMILES string of the molecule is CC1(C)CCCC1CNC(=O)NCCC(=O)O. The van der Waals surface area contributed by atoms with E-state index in [1.807, 2.05) is 0 Å². The Balaban J connectivity index is 2.17. The number of hydrogen-bond acceptors (Lipinski definition) is 2. The Hall–Kier alpha value is -1.26. The van der Waals surface area contributed by atoms with Crippen molar-refractivity contribution < 1.29 is 14.7 Å². The maximum atomic E-state index is 11.4. The second-order valence-electron chi connectivity index (χ2n) is 5.36. The van der Waals surface area contributed by atoms with Crippen molar-refractivity contribution in [1.82, 2.24) is 10.6 Å². The molecule has 1 rings (SSSR count). The average Bonchev–Trinajstić information content (AvgIpc) is 2.54. The number of carboxylic acid groups (broad SMARTS) is 1. The number of carbonyl (C=O) groups excluding carboxylic acids is 1. The molecule has 0 aromatic rings. The molecule has 2 amide bonds. The third kappa shape index (κ3) is 4.63. The Morgan fingerprint density at radius 3 is 2.59 bits per heavy atom. The molecule has 17 heavy (non-hydrogen) atoms. The van der Waals surface area contributed by atoms with Gasteiger partial charge in [0.2, 0.25) is 0 Å². The van der Waals surface area contributed by atoms with Crippen LogP contribution in [0.3, 0.4) is 0 Å². The van der Waals surface area contributed by atoms with Crippen LogP contribution in [0.5, 0.6) is 0 Å². The average molecular weight is 242 g/mol. The van der Waals surface area contributed by atoms with Crippen LogP contribution in [0.15, 0.2) is 0 Å². The van der Waals surface area contributed by atoms with Crippen LogP contribution in [0, 0.1) is 11.3 Å². The molecule has 0 heterocycles. The van der Waals surface area contributed by atoms with Crippen molar-refractivity contribution >= 4 is 12.0 Å². The van der Waals surface area contributed by atoms with Crippen LogP contribution < -0.4 is 10.6 Å². The summed E-state index contributed by atoms with van der Waals surface area (Å²) in [4.78, 5) is 21.6. The zero-order valence-electron chi connectivity index (χ0n) is 10.6. The number of nitrogens with one attached hydrogen (secondary N) is 2. The topological polar surface area (TPSA) is 78.4 Å². The van der Waals surface area contributed by atoms with Gasteiger partial charge in [-0.2, -0.15) is 0 Å². The van der Waals surface area contributed by atoms with Crippen molar-refractivity contribution in [3.05, 3.63) is 0 Å². The lowest BCUT2D eigenvalue weighted by molar-refractivity contribution is -0.136. The monoisotopic (exact) mass is 242 g/mol. The fourth-order valence-electron chi connectivity index (χ4n) is 2.34. The molecule has 1 unspecified atom stereocenters. The molecule has 98 valence electrons. The van der Waals surface area contributed by atoms with E-state index in [0.29, 0.717) is 17.9 Å². The summed E-state index contributed by atoms with van der Waals surface area (Å²) in [7, 11) is 0. The Kier molecular flexibility index (Phi) is 4.78. The molecule has 1 fully saturated rings. The lowest BCUT2D eigenvalue weighted by Gasteiger charge is -2.27. The summed E-state index contributed by atoms with van der Waals surface area (Å²) >= 11 is 0. The highest BCUT2D eigenvalue weighted by Gasteiger charge is 2.34. The maximum absolute atomic E-state index is 11.4. The third-order valence-corrected chi connectivity index (χ3v) is 3.61. The van der Waals surface area contributed by atoms with Gasteiger partial charge in [0, 0.05) is 13.1 Å². The van der Waals surface area contributed by atoms with E-state index < -0.39 is 5.97 Å². The molecular weight excluding hydrogens is 220 g/mol. The van der Waals surface area contributed by atoms with Gasteiger partial charge in [0.25, 0.3) is 0 Å². The summed E-state index contributed by atoms with van der Waals surface area (Å²) in [6.07, 6.45) is 3.55. The normalized spacial score (nSPS) is 22.1. The van der Waals surface area contributed by atoms with Crippen LogP contribution in [0.25, 0.3) is 0 Å². The molecule has 0 aliphatic heterocycles. The van der Waals surface area contributed by atoms with E-state index in [4.69, 9.17) is 5.11 Å². The first-order chi connectivity index (χ1) is 7.92. The molecule has 1 saturated carbocycles. The van der Waals surface area contributed by atoms with Crippen LogP contribution in [-0.2, 0) is 4.79 Å². The minimum Gasteiger partial charge on any atom is -0.481 e. The summed E-state index contributed by atoms with van der Waals surface area (Å²) in [6, 6.07) is -0.269. The Labute approximate surface area is 102 Å². The molecule has 1 aliphatic carbocycles. The molecule has 3 N–H and O–H groups in total. The summed E-state index contributed by atoms with van der Waals surface area (Å²) in [6.45, 7) is 5.31. The summed E-state index contributed by atoms with van der Waals surface area (Å²) < 4.78 is 0. The van der Waals surface area contributed by atoms with Gasteiger partial charge >= 0.3 is 12.0 Å². The van der Waals surface area contributed by atoms with Gasteiger partial charge in [0.15, 0.2) is 0 Å². The van der Waals surface area contributed by atoms with Crippen LogP contribution >= 0.6 is 0 Å². The number of hydrogen-bond donors (Lipinski definition) is 3. The van der Waals surface area contributed by atoms with Crippen molar-refractivity contribution in [3.8, 4) is 0 Å². The standard InChI is InChI=1S/C12H22N2O3/c1-12(2)6-3-4-9(12)8-14-11(17)13-7-5-10(15)16/h9H,3-8H2,1-2H3,(H,15,16)(H2,13,14,17). The van der Waals surface area contributed by atoms with E-state index in [2.05, 4.69) is 24.5 Å². The molecule has 5 nitrogen and oxygen atoms in total. The summed E-state index contributed by atoms with van der Waals surface area (Å²) in [5.74, 6) is -0.380. The molecule has 0 aromatic heterocycles. The van der Waals surface area contributed by atoms with E-state index >= 15 is 0 Å². The van der Waals surface area contributed by atoms with Crippen molar-refractivity contribution in [3.63, 3.8) is 0 Å². The Morgan fingerprint density at radius 2 is 2.06 bits per heavy atom. The number of rotatable bonds is 5. The molecule has 1 atom stereocenters. The van der Waals surface area contributed by atoms with E-state index in [9.17, 15) is 9.59 Å². The van der Waals surface area contributed by atoms with Gasteiger partial charge in [0.1, 0.15) is 0 Å². The van der Waals surface area contributed by atoms with Gasteiger partial charge in [-0.3, -0.25) is 4.79 Å². The van der Waals surface area contributed by atoms with Crippen molar-refractivity contribution in [2.45, 2.75) is 39.5 Å². The zero-order valence-corrected chi connectivity index (χ0v) is 10.6. The Morgan fingerprint density at radius 1 is 1.35 bits per heavy atom. The highest BCUT2D eigenvalue weighted by Crippen LogP contribution is 2.41. The lowest BCUT2D eigenvalue weighted by atomic mass is 9.82. The molecule has 0 aromatic carbocycles. The predicted molar refractivity (Wildman–Crippen MR) is 64.8 cm³/mol. The van der Waals surface area contributed by atoms with Crippen LogP contribution in [0.1, 0.15) is 39.5 Å². The van der Waals surface area contributed by atoms with Gasteiger partial charge < -0.3 is 15.7 Å². The largest absolute Gasteiger partial charge is 0.481 e. The molecular formula is C12H22N2O3. The molecule has 0 saturated heterocycles. The van der Waals surface area contributed by atoms with Gasteiger partial charge in [-0.25, -0.2) is 4.79 Å². The van der Waals surface area contributed by atoms with E-state index in [0.717, 1.165) is 6.42 Å². The van der Waals surface area contributed by atoms with Crippen molar-refractivity contribution in [2.75, 3.05) is 13.1 Å². The lowest BCUT2D eigenvalue weighted by Crippen LogP contribution is -2.40. The molecule has 0 spiro atoms. The van der Waals surface area contributed by atoms with Crippen LogP contribution in [0.2, 0.25) is 0 Å². The van der Waals surface area contributed by atoms with Crippen LogP contribution in [-0.4, -0.2) is 30.2 Å². The van der Waals surface area contributed by atoms with Crippen molar-refractivity contribution in [1.29, 1.82) is 0 Å². The molecule has 0 bridgehead atoms. The van der Waals surface area contributed by atoms with E-state index in [1.165, 1.54) is 12.8 Å². The Bertz CT molecular complexity index is 289. The van der Waals surface area contributed by atoms with Gasteiger partial charge in [0.05, 0.1) is 6.42 Å². The van der Waals surface area contributed by atoms with Crippen molar-refractivity contribution in [2.24, 2.45) is 11.3 Å². The van der Waals surface area contributed by atoms with Gasteiger partial charge in [-0.05, 0) is 24.2 Å². The molecule has 1 aliphatic rings. The van der Waals surface area contributed by atoms with E-state index in [1.54, 1.807) is 0 Å². The first kappa shape index (κ1) is 13.8. The predicted octanol–water partition coefficient (Wildman–Crippen LogP) is 1.59. The van der Waals surface area contributed by atoms with E-state index in [-0.39, 0.29) is 19.0 Å². The maximum Gasteiger partial charge on any atom is 0.314 e. The first-order valence-electron chi connectivity index (χ1n) is 6.15. The summed E-state index contributed by atoms with van der Waals surface area (Å²) in [5.41, 5.74) is 0.300. The minimum atomic E-state index is -0.901. The zero-order chi connectivity index (χ0) is 12.9. The summed E-state index contributed by atoms with van der Waals surface area (Å²) in [5, 5.41) is 13.8.